The van der Waals surface area contributed by atoms with Gasteiger partial charge in [-0.2, -0.15) is 0 Å². The van der Waals surface area contributed by atoms with E-state index >= 15 is 0 Å². The summed E-state index contributed by atoms with van der Waals surface area (Å²) in [5.74, 6) is -0.239. The fraction of sp³-hybridized carbons (Fsp3) is 0.200. The first kappa shape index (κ1) is 14.1. The second-order valence-electron chi connectivity index (χ2n) is 4.36. The molecule has 0 saturated heterocycles. The first-order valence-electron chi connectivity index (χ1n) is 6.12. The van der Waals surface area contributed by atoms with Gasteiger partial charge < -0.3 is 10.6 Å². The van der Waals surface area contributed by atoms with Crippen LogP contribution in [-0.4, -0.2) is 6.54 Å². The summed E-state index contributed by atoms with van der Waals surface area (Å²) in [7, 11) is 0. The monoisotopic (exact) mass is 370 g/mol. The zero-order chi connectivity index (χ0) is 14.0. The van der Waals surface area contributed by atoms with Crippen LogP contribution in [0.25, 0.3) is 0 Å². The molecule has 2 rings (SSSR count). The first-order chi connectivity index (χ1) is 9.04. The van der Waals surface area contributed by atoms with Crippen molar-refractivity contribution in [2.75, 3.05) is 17.2 Å². The number of nitrogens with two attached hydrogens (primary N) is 1. The average molecular weight is 370 g/mol. The van der Waals surface area contributed by atoms with Crippen molar-refractivity contribution in [3.8, 4) is 0 Å². The van der Waals surface area contributed by atoms with Crippen molar-refractivity contribution in [2.45, 2.75) is 13.8 Å². The van der Waals surface area contributed by atoms with Gasteiger partial charge in [-0.1, -0.05) is 18.2 Å². The number of rotatable bonds is 3. The van der Waals surface area contributed by atoms with Gasteiger partial charge in [-0.3, -0.25) is 0 Å². The predicted molar refractivity (Wildman–Crippen MR) is 87.4 cm³/mol. The minimum absolute atomic E-state index is 0.239. The topological polar surface area (TPSA) is 29.3 Å². The fourth-order valence-electron chi connectivity index (χ4n) is 2.12. The highest BCUT2D eigenvalue weighted by Gasteiger charge is 2.14. The molecule has 0 aliphatic carbocycles. The van der Waals surface area contributed by atoms with Gasteiger partial charge in [0.2, 0.25) is 0 Å². The van der Waals surface area contributed by atoms with Gasteiger partial charge in [-0.15, -0.1) is 0 Å². The van der Waals surface area contributed by atoms with E-state index in [0.29, 0.717) is 9.26 Å². The molecule has 0 aromatic heterocycles. The summed E-state index contributed by atoms with van der Waals surface area (Å²) in [6, 6.07) is 11.2. The molecule has 0 fully saturated rings. The summed E-state index contributed by atoms with van der Waals surface area (Å²) >= 11 is 1.95. The molecule has 0 unspecified atom stereocenters. The lowest BCUT2D eigenvalue weighted by atomic mass is 10.1. The molecule has 0 amide bonds. The Morgan fingerprint density at radius 3 is 2.53 bits per heavy atom. The maximum absolute atomic E-state index is 13.8. The van der Waals surface area contributed by atoms with Gasteiger partial charge in [-0.05, 0) is 54.1 Å². The lowest BCUT2D eigenvalue weighted by Crippen LogP contribution is -2.19. The highest BCUT2D eigenvalue weighted by Crippen LogP contribution is 2.34. The Morgan fingerprint density at radius 1 is 1.21 bits per heavy atom. The number of nitrogen functional groups attached to an aromatic ring is 1. The molecule has 0 heterocycles. The van der Waals surface area contributed by atoms with E-state index in [0.717, 1.165) is 23.5 Å². The van der Waals surface area contributed by atoms with Gasteiger partial charge in [0, 0.05) is 18.3 Å². The molecule has 0 aliphatic heterocycles. The number of hydrogen-bond acceptors (Lipinski definition) is 2. The van der Waals surface area contributed by atoms with Crippen LogP contribution in [0, 0.1) is 16.3 Å². The van der Waals surface area contributed by atoms with Crippen LogP contribution in [0.2, 0.25) is 0 Å². The van der Waals surface area contributed by atoms with Crippen LogP contribution < -0.4 is 10.6 Å². The second-order valence-corrected chi connectivity index (χ2v) is 5.52. The van der Waals surface area contributed by atoms with Crippen molar-refractivity contribution in [3.05, 3.63) is 51.3 Å². The van der Waals surface area contributed by atoms with Crippen LogP contribution in [-0.2, 0) is 0 Å². The van der Waals surface area contributed by atoms with E-state index in [1.165, 1.54) is 6.07 Å². The number of nitrogens with zero attached hydrogens (tertiary/aromatic N) is 1. The lowest BCUT2D eigenvalue weighted by molar-refractivity contribution is 0.620. The largest absolute Gasteiger partial charge is 0.397 e. The molecule has 0 atom stereocenters. The lowest BCUT2D eigenvalue weighted by Gasteiger charge is -2.26. The Kier molecular flexibility index (Phi) is 4.29. The van der Waals surface area contributed by atoms with Gasteiger partial charge in [-0.25, -0.2) is 4.39 Å². The molecule has 19 heavy (non-hydrogen) atoms. The van der Waals surface area contributed by atoms with Gasteiger partial charge in [0.15, 0.2) is 0 Å². The van der Waals surface area contributed by atoms with Crippen LogP contribution in [0.1, 0.15) is 12.5 Å². The molecule has 2 aromatic carbocycles. The smallest absolute Gasteiger partial charge is 0.138 e. The van der Waals surface area contributed by atoms with Crippen LogP contribution >= 0.6 is 22.6 Å². The van der Waals surface area contributed by atoms with Crippen molar-refractivity contribution in [1.82, 2.24) is 0 Å². The number of benzene rings is 2. The van der Waals surface area contributed by atoms with Crippen LogP contribution in [0.15, 0.2) is 36.4 Å². The number of para-hydroxylation sites is 1. The van der Waals surface area contributed by atoms with Gasteiger partial charge in [0.05, 0.1) is 14.9 Å². The summed E-state index contributed by atoms with van der Waals surface area (Å²) in [6.45, 7) is 4.80. The SMILES string of the molecule is CCN(c1ccccc1C)c1cc(F)c(I)cc1N. The molecule has 2 N–H and O–H groups in total. The molecular weight excluding hydrogens is 354 g/mol. The second kappa shape index (κ2) is 5.77. The molecule has 4 heteroatoms. The minimum atomic E-state index is -0.239. The summed E-state index contributed by atoms with van der Waals surface area (Å²) in [4.78, 5) is 2.03. The number of anilines is 3. The Labute approximate surface area is 126 Å². The quantitative estimate of drug-likeness (QED) is 0.638. The predicted octanol–water partition coefficient (Wildman–Crippen LogP) is 4.48. The van der Waals surface area contributed by atoms with Crippen LogP contribution in [0.3, 0.4) is 0 Å². The maximum atomic E-state index is 13.8. The van der Waals surface area contributed by atoms with Crippen molar-refractivity contribution in [1.29, 1.82) is 0 Å². The Hall–Kier alpha value is -1.30. The third-order valence-corrected chi connectivity index (χ3v) is 3.91. The highest BCUT2D eigenvalue weighted by atomic mass is 127. The molecule has 0 saturated carbocycles. The molecule has 2 nitrogen and oxygen atoms in total. The highest BCUT2D eigenvalue weighted by molar-refractivity contribution is 14.1. The minimum Gasteiger partial charge on any atom is -0.397 e. The third-order valence-electron chi connectivity index (χ3n) is 3.08. The standard InChI is InChI=1S/C15H16FIN2/c1-3-19(14-7-5-4-6-10(14)2)15-8-11(16)12(17)9-13(15)18/h4-9H,3,18H2,1-2H3. The van der Waals surface area contributed by atoms with E-state index in [9.17, 15) is 4.39 Å². The molecule has 2 aromatic rings. The van der Waals surface area contributed by atoms with E-state index in [-0.39, 0.29) is 5.82 Å². The van der Waals surface area contributed by atoms with Crippen LogP contribution in [0.5, 0.6) is 0 Å². The average Bonchev–Trinajstić information content (AvgIpc) is 2.38. The van der Waals surface area contributed by atoms with Crippen LogP contribution in [0.4, 0.5) is 21.5 Å². The Bertz CT molecular complexity index is 599. The zero-order valence-corrected chi connectivity index (χ0v) is 13.1. The summed E-state index contributed by atoms with van der Waals surface area (Å²) < 4.78 is 14.3. The normalized spacial score (nSPS) is 10.5. The van der Waals surface area contributed by atoms with Crippen molar-refractivity contribution in [2.24, 2.45) is 0 Å². The molecular formula is C15H16FIN2. The molecule has 0 radical (unpaired) electrons. The van der Waals surface area contributed by atoms with E-state index in [1.54, 1.807) is 6.07 Å². The third kappa shape index (κ3) is 2.83. The van der Waals surface area contributed by atoms with Gasteiger partial charge >= 0.3 is 0 Å². The van der Waals surface area contributed by atoms with Crippen molar-refractivity contribution < 1.29 is 4.39 Å². The van der Waals surface area contributed by atoms with Crippen molar-refractivity contribution >= 4 is 39.7 Å². The molecule has 0 bridgehead atoms. The fourth-order valence-corrected chi connectivity index (χ4v) is 2.61. The van der Waals surface area contributed by atoms with E-state index in [1.807, 2.05) is 65.6 Å². The molecule has 0 spiro atoms. The van der Waals surface area contributed by atoms with E-state index in [4.69, 9.17) is 5.73 Å². The summed E-state index contributed by atoms with van der Waals surface area (Å²) in [5, 5.41) is 0. The number of halogens is 2. The van der Waals surface area contributed by atoms with Gasteiger partial charge in [0.1, 0.15) is 5.82 Å². The number of aryl methyl sites for hydroxylation is 1. The number of hydrogen-bond donors (Lipinski definition) is 1. The van der Waals surface area contributed by atoms with Crippen molar-refractivity contribution in [3.63, 3.8) is 0 Å². The molecule has 0 aliphatic rings. The summed E-state index contributed by atoms with van der Waals surface area (Å²) in [5.41, 5.74) is 9.55. The maximum Gasteiger partial charge on any atom is 0.138 e. The Morgan fingerprint density at radius 2 is 1.89 bits per heavy atom. The van der Waals surface area contributed by atoms with E-state index in [2.05, 4.69) is 0 Å². The van der Waals surface area contributed by atoms with Gasteiger partial charge in [0.25, 0.3) is 0 Å². The Balaban J connectivity index is 2.55. The molecule has 100 valence electrons. The zero-order valence-electron chi connectivity index (χ0n) is 11.0. The van der Waals surface area contributed by atoms with E-state index < -0.39 is 0 Å². The summed E-state index contributed by atoms with van der Waals surface area (Å²) in [6.07, 6.45) is 0. The first-order valence-corrected chi connectivity index (χ1v) is 7.20.